The number of carbonyl (C=O) groups excluding carboxylic acids is 2. The number of carbonyl (C=O) groups is 2. The number of aryl methyl sites for hydroxylation is 1. The minimum Gasteiger partial charge on any atom is -0.345 e. The zero-order chi connectivity index (χ0) is 26.6. The summed E-state index contributed by atoms with van der Waals surface area (Å²) in [6.45, 7) is 1.46. The number of aromatic nitrogens is 5. The number of hydrogen-bond acceptors (Lipinski definition) is 8. The summed E-state index contributed by atoms with van der Waals surface area (Å²) in [6, 6.07) is 9.70. The van der Waals surface area contributed by atoms with Crippen LogP contribution in [0.1, 0.15) is 26.8 Å². The van der Waals surface area contributed by atoms with Gasteiger partial charge in [0.1, 0.15) is 10.8 Å². The van der Waals surface area contributed by atoms with Gasteiger partial charge < -0.3 is 5.32 Å². The molecule has 0 saturated carbocycles. The van der Waals surface area contributed by atoms with Crippen LogP contribution in [0.2, 0.25) is 0 Å². The van der Waals surface area contributed by atoms with Gasteiger partial charge in [0, 0.05) is 5.69 Å². The maximum absolute atomic E-state index is 13.5. The Hall–Kier alpha value is -3.85. The number of amides is 2. The van der Waals surface area contributed by atoms with Gasteiger partial charge in [-0.05, 0) is 43.3 Å². The number of alkyl halides is 3. The van der Waals surface area contributed by atoms with Crippen LogP contribution in [0.25, 0.3) is 5.69 Å². The molecule has 2 amide bonds. The van der Waals surface area contributed by atoms with E-state index in [0.29, 0.717) is 15.8 Å². The maximum atomic E-state index is 13.5. The van der Waals surface area contributed by atoms with Crippen molar-refractivity contribution in [1.29, 1.82) is 0 Å². The lowest BCUT2D eigenvalue weighted by atomic mass is 10.1. The van der Waals surface area contributed by atoms with Gasteiger partial charge in [-0.25, -0.2) is 4.39 Å². The van der Waals surface area contributed by atoms with E-state index in [4.69, 9.17) is 0 Å². The number of nitrogens with zero attached hydrogens (tertiary/aromatic N) is 5. The van der Waals surface area contributed by atoms with Crippen molar-refractivity contribution in [3.05, 3.63) is 76.3 Å². The zero-order valence-corrected chi connectivity index (χ0v) is 20.5. The van der Waals surface area contributed by atoms with Gasteiger partial charge in [-0.2, -0.15) is 13.2 Å². The van der Waals surface area contributed by atoms with E-state index in [2.05, 4.69) is 31.0 Å². The number of rotatable bonds is 8. The molecule has 192 valence electrons. The summed E-state index contributed by atoms with van der Waals surface area (Å²) in [7, 11) is 0. The van der Waals surface area contributed by atoms with Crippen LogP contribution in [0.5, 0.6) is 0 Å². The van der Waals surface area contributed by atoms with Gasteiger partial charge in [0.05, 0.1) is 23.4 Å². The normalized spacial score (nSPS) is 11.4. The smallest absolute Gasteiger partial charge is 0.345 e. The topological polar surface area (TPSA) is 115 Å². The Kier molecular flexibility index (Phi) is 7.83. The molecule has 9 nitrogen and oxygen atoms in total. The van der Waals surface area contributed by atoms with Crippen LogP contribution in [0, 0.1) is 12.7 Å². The Bertz CT molecular complexity index is 1420. The molecule has 2 N–H and O–H groups in total. The van der Waals surface area contributed by atoms with E-state index in [-0.39, 0.29) is 29.2 Å². The first-order valence-electron chi connectivity index (χ1n) is 10.5. The molecule has 0 fully saturated rings. The number of thioether (sulfide) groups is 1. The highest BCUT2D eigenvalue weighted by Gasteiger charge is 2.34. The third-order valence-electron chi connectivity index (χ3n) is 4.77. The summed E-state index contributed by atoms with van der Waals surface area (Å²) in [5.41, 5.74) is -1.18. The van der Waals surface area contributed by atoms with Gasteiger partial charge >= 0.3 is 6.18 Å². The first-order chi connectivity index (χ1) is 17.6. The van der Waals surface area contributed by atoms with Crippen LogP contribution < -0.4 is 10.6 Å². The SMILES string of the molecule is Cc1nnc(NC(=O)CSc2nnc(CNC(=O)c3ccccc3C(F)(F)F)n2-c2ccc(F)cc2)s1. The van der Waals surface area contributed by atoms with Crippen molar-refractivity contribution in [2.45, 2.75) is 24.8 Å². The van der Waals surface area contributed by atoms with Crippen molar-refractivity contribution in [2.24, 2.45) is 0 Å². The molecule has 15 heteroatoms. The predicted octanol–water partition coefficient (Wildman–Crippen LogP) is 4.25. The van der Waals surface area contributed by atoms with Crippen LogP contribution in [0.3, 0.4) is 0 Å². The Balaban J connectivity index is 1.53. The van der Waals surface area contributed by atoms with Crippen LogP contribution in [0.4, 0.5) is 22.7 Å². The molecule has 37 heavy (non-hydrogen) atoms. The number of halogens is 4. The highest BCUT2D eigenvalue weighted by Crippen LogP contribution is 2.32. The molecule has 0 aliphatic carbocycles. The van der Waals surface area contributed by atoms with Crippen LogP contribution >= 0.6 is 23.1 Å². The summed E-state index contributed by atoms with van der Waals surface area (Å²) in [4.78, 5) is 24.9. The summed E-state index contributed by atoms with van der Waals surface area (Å²) >= 11 is 2.23. The van der Waals surface area contributed by atoms with Crippen molar-refractivity contribution in [2.75, 3.05) is 11.1 Å². The molecule has 2 heterocycles. The molecular weight excluding hydrogens is 534 g/mol. The fraction of sp³-hybridized carbons (Fsp3) is 0.182. The highest BCUT2D eigenvalue weighted by atomic mass is 32.2. The first kappa shape index (κ1) is 26.2. The van der Waals surface area contributed by atoms with E-state index in [1.54, 1.807) is 6.92 Å². The molecule has 2 aromatic carbocycles. The van der Waals surface area contributed by atoms with Crippen molar-refractivity contribution in [3.8, 4) is 5.69 Å². The molecule has 0 atom stereocenters. The average Bonchev–Trinajstić information content (AvgIpc) is 3.46. The molecule has 0 unspecified atom stereocenters. The van der Waals surface area contributed by atoms with Crippen molar-refractivity contribution in [1.82, 2.24) is 30.3 Å². The largest absolute Gasteiger partial charge is 0.417 e. The summed E-state index contributed by atoms with van der Waals surface area (Å²) < 4.78 is 54.9. The molecule has 4 rings (SSSR count). The third kappa shape index (κ3) is 6.48. The summed E-state index contributed by atoms with van der Waals surface area (Å²) in [6.07, 6.45) is -4.71. The van der Waals surface area contributed by atoms with Crippen molar-refractivity contribution >= 4 is 40.0 Å². The second-order valence-corrected chi connectivity index (χ2v) is 9.52. The Morgan fingerprint density at radius 2 is 1.76 bits per heavy atom. The zero-order valence-electron chi connectivity index (χ0n) is 18.9. The van der Waals surface area contributed by atoms with Gasteiger partial charge in [-0.15, -0.1) is 20.4 Å². The van der Waals surface area contributed by atoms with E-state index in [1.807, 2.05) is 0 Å². The Morgan fingerprint density at radius 1 is 1.03 bits per heavy atom. The van der Waals surface area contributed by atoms with Crippen LogP contribution in [-0.2, 0) is 17.5 Å². The van der Waals surface area contributed by atoms with Gasteiger partial charge in [-0.1, -0.05) is 35.2 Å². The van der Waals surface area contributed by atoms with Gasteiger partial charge in [0.2, 0.25) is 11.0 Å². The average molecular weight is 552 g/mol. The van der Waals surface area contributed by atoms with E-state index >= 15 is 0 Å². The minimum atomic E-state index is -4.71. The van der Waals surface area contributed by atoms with Crippen LogP contribution in [0.15, 0.2) is 53.7 Å². The van der Waals surface area contributed by atoms with Crippen molar-refractivity contribution < 1.29 is 27.2 Å². The maximum Gasteiger partial charge on any atom is 0.417 e. The number of hydrogen-bond donors (Lipinski definition) is 2. The van der Waals surface area contributed by atoms with Gasteiger partial charge in [0.15, 0.2) is 11.0 Å². The molecule has 0 radical (unpaired) electrons. The Morgan fingerprint density at radius 3 is 2.43 bits per heavy atom. The molecule has 0 bridgehead atoms. The lowest BCUT2D eigenvalue weighted by Gasteiger charge is -2.13. The number of nitrogens with one attached hydrogen (secondary N) is 2. The standard InChI is InChI=1S/C22H17F4N7O2S2/c1-12-29-31-20(37-12)28-18(34)11-36-21-32-30-17(33(21)14-8-6-13(23)7-9-14)10-27-19(35)15-4-2-3-5-16(15)22(24,25)26/h2-9H,10-11H2,1H3,(H,27,35)(H,28,31,34). The second-order valence-electron chi connectivity index (χ2n) is 7.40. The highest BCUT2D eigenvalue weighted by molar-refractivity contribution is 7.99. The third-order valence-corrected chi connectivity index (χ3v) is 6.46. The molecule has 0 aliphatic rings. The van der Waals surface area contributed by atoms with E-state index in [9.17, 15) is 27.2 Å². The van der Waals surface area contributed by atoms with Crippen LogP contribution in [-0.4, -0.2) is 42.5 Å². The monoisotopic (exact) mass is 551 g/mol. The minimum absolute atomic E-state index is 0.0801. The van der Waals surface area contributed by atoms with E-state index in [0.717, 1.165) is 23.9 Å². The summed E-state index contributed by atoms with van der Waals surface area (Å²) in [5.74, 6) is -1.75. The van der Waals surface area contributed by atoms with Crippen molar-refractivity contribution in [3.63, 3.8) is 0 Å². The lowest BCUT2D eigenvalue weighted by Crippen LogP contribution is -2.27. The lowest BCUT2D eigenvalue weighted by molar-refractivity contribution is -0.138. The van der Waals surface area contributed by atoms with Gasteiger partial charge in [-0.3, -0.25) is 19.5 Å². The summed E-state index contributed by atoms with van der Waals surface area (Å²) in [5, 5.41) is 22.0. The number of benzene rings is 2. The molecular formula is C22H17F4N7O2S2. The van der Waals surface area contributed by atoms with E-state index < -0.39 is 29.0 Å². The molecule has 0 spiro atoms. The molecule has 0 saturated heterocycles. The fourth-order valence-corrected chi connectivity index (χ4v) is 4.55. The fourth-order valence-electron chi connectivity index (χ4n) is 3.17. The number of anilines is 1. The first-order valence-corrected chi connectivity index (χ1v) is 12.3. The molecule has 4 aromatic rings. The molecule has 0 aliphatic heterocycles. The molecule has 2 aromatic heterocycles. The predicted molar refractivity (Wildman–Crippen MR) is 128 cm³/mol. The van der Waals surface area contributed by atoms with Gasteiger partial charge in [0.25, 0.3) is 5.91 Å². The second kappa shape index (κ2) is 11.0. The Labute approximate surface area is 215 Å². The quantitative estimate of drug-likeness (QED) is 0.249. The van der Waals surface area contributed by atoms with E-state index in [1.165, 1.54) is 52.3 Å².